The Morgan fingerprint density at radius 1 is 1.05 bits per heavy atom. The molecule has 3 rings (SSSR count). The van der Waals surface area contributed by atoms with Gasteiger partial charge in [-0.25, -0.2) is 4.68 Å². The number of benzene rings is 1. The molecule has 0 spiro atoms. The van der Waals surface area contributed by atoms with Gasteiger partial charge in [0.2, 0.25) is 0 Å². The predicted octanol–water partition coefficient (Wildman–Crippen LogP) is 3.44. The first-order valence-corrected chi connectivity index (χ1v) is 8.29. The maximum atomic E-state index is 5.84. The number of aromatic nitrogens is 2. The second-order valence-corrected chi connectivity index (χ2v) is 6.00. The molecule has 0 amide bonds. The highest BCUT2D eigenvalue weighted by atomic mass is 16.5. The van der Waals surface area contributed by atoms with Crippen LogP contribution in [0.4, 0.5) is 0 Å². The molecule has 0 bridgehead atoms. The highest BCUT2D eigenvalue weighted by molar-refractivity contribution is 5.36. The molecule has 1 aromatic heterocycles. The van der Waals surface area contributed by atoms with Crippen LogP contribution in [0.3, 0.4) is 0 Å². The molecular formula is C18H25N3O. The summed E-state index contributed by atoms with van der Waals surface area (Å²) in [5.74, 6) is 0.936. The summed E-state index contributed by atoms with van der Waals surface area (Å²) < 4.78 is 7.72. The summed E-state index contributed by atoms with van der Waals surface area (Å²) in [4.78, 5) is 2.55. The molecular weight excluding hydrogens is 274 g/mol. The number of aryl methyl sites for hydroxylation is 1. The van der Waals surface area contributed by atoms with Crippen molar-refractivity contribution in [2.45, 2.75) is 32.6 Å². The van der Waals surface area contributed by atoms with E-state index in [2.05, 4.69) is 10.00 Å². The summed E-state index contributed by atoms with van der Waals surface area (Å²) in [7, 11) is 0. The van der Waals surface area contributed by atoms with Crippen molar-refractivity contribution in [1.29, 1.82) is 0 Å². The minimum Gasteiger partial charge on any atom is -0.494 e. The summed E-state index contributed by atoms with van der Waals surface area (Å²) in [6, 6.07) is 10.1. The van der Waals surface area contributed by atoms with Gasteiger partial charge in [0.1, 0.15) is 5.75 Å². The van der Waals surface area contributed by atoms with Gasteiger partial charge in [-0.2, -0.15) is 5.10 Å². The van der Waals surface area contributed by atoms with Crippen molar-refractivity contribution in [3.63, 3.8) is 0 Å². The Labute approximate surface area is 132 Å². The summed E-state index contributed by atoms with van der Waals surface area (Å²) in [5, 5.41) is 4.41. The molecule has 1 saturated heterocycles. The topological polar surface area (TPSA) is 30.3 Å². The smallest absolute Gasteiger partial charge is 0.119 e. The Balaban J connectivity index is 1.43. The maximum absolute atomic E-state index is 5.84. The van der Waals surface area contributed by atoms with Crippen LogP contribution >= 0.6 is 0 Å². The van der Waals surface area contributed by atoms with E-state index in [1.807, 2.05) is 48.1 Å². The Bertz CT molecular complexity index is 570. The number of hydrogen-bond donors (Lipinski definition) is 0. The second-order valence-electron chi connectivity index (χ2n) is 6.00. The Morgan fingerprint density at radius 3 is 2.50 bits per heavy atom. The van der Waals surface area contributed by atoms with Crippen LogP contribution in [0.15, 0.2) is 36.5 Å². The fraction of sp³-hybridized carbons (Fsp3) is 0.500. The van der Waals surface area contributed by atoms with E-state index in [-0.39, 0.29) is 0 Å². The molecule has 22 heavy (non-hydrogen) atoms. The number of ether oxygens (including phenoxy) is 1. The number of hydrogen-bond acceptors (Lipinski definition) is 3. The number of likely N-dealkylation sites (tertiary alicyclic amines) is 1. The van der Waals surface area contributed by atoms with E-state index < -0.39 is 0 Å². The molecule has 118 valence electrons. The second kappa shape index (κ2) is 7.45. The third-order valence-electron chi connectivity index (χ3n) is 4.16. The fourth-order valence-electron chi connectivity index (χ4n) is 2.92. The van der Waals surface area contributed by atoms with Crippen LogP contribution in [0.2, 0.25) is 0 Å². The molecule has 0 unspecified atom stereocenters. The van der Waals surface area contributed by atoms with Crippen LogP contribution in [0.25, 0.3) is 5.69 Å². The van der Waals surface area contributed by atoms with Crippen LogP contribution in [0.5, 0.6) is 5.75 Å². The predicted molar refractivity (Wildman–Crippen MR) is 88.7 cm³/mol. The van der Waals surface area contributed by atoms with E-state index in [1.54, 1.807) is 0 Å². The molecule has 2 heterocycles. The van der Waals surface area contributed by atoms with Crippen molar-refractivity contribution in [3.8, 4) is 11.4 Å². The van der Waals surface area contributed by atoms with Crippen LogP contribution in [0, 0.1) is 6.92 Å². The third kappa shape index (κ3) is 4.10. The normalized spacial score (nSPS) is 15.9. The van der Waals surface area contributed by atoms with Crippen molar-refractivity contribution in [2.24, 2.45) is 0 Å². The van der Waals surface area contributed by atoms with Gasteiger partial charge in [-0.15, -0.1) is 0 Å². The standard InChI is InChI=1S/C18H25N3O/c1-16-10-14-21(19-16)17-6-8-18(9-7-17)22-15-5-13-20-11-3-2-4-12-20/h6-10,14H,2-5,11-13,15H2,1H3. The third-order valence-corrected chi connectivity index (χ3v) is 4.16. The molecule has 0 atom stereocenters. The molecule has 2 aromatic rings. The summed E-state index contributed by atoms with van der Waals surface area (Å²) in [5.41, 5.74) is 2.09. The molecule has 1 fully saturated rings. The minimum atomic E-state index is 0.788. The quantitative estimate of drug-likeness (QED) is 0.766. The number of nitrogens with zero attached hydrogens (tertiary/aromatic N) is 3. The van der Waals surface area contributed by atoms with E-state index >= 15 is 0 Å². The van der Waals surface area contributed by atoms with Gasteiger partial charge in [0.25, 0.3) is 0 Å². The van der Waals surface area contributed by atoms with Crippen LogP contribution in [-0.4, -0.2) is 40.9 Å². The summed E-state index contributed by atoms with van der Waals surface area (Å²) >= 11 is 0. The van der Waals surface area contributed by atoms with Crippen molar-refractivity contribution in [1.82, 2.24) is 14.7 Å². The molecule has 0 aliphatic carbocycles. The lowest BCUT2D eigenvalue weighted by atomic mass is 10.1. The van der Waals surface area contributed by atoms with Gasteiger partial charge < -0.3 is 9.64 Å². The molecule has 0 saturated carbocycles. The zero-order valence-electron chi connectivity index (χ0n) is 13.4. The van der Waals surface area contributed by atoms with Gasteiger partial charge in [0.15, 0.2) is 0 Å². The lowest BCUT2D eigenvalue weighted by Gasteiger charge is -2.26. The van der Waals surface area contributed by atoms with Crippen molar-refractivity contribution < 1.29 is 4.74 Å². The Kier molecular flexibility index (Phi) is 5.11. The molecule has 0 N–H and O–H groups in total. The average molecular weight is 299 g/mol. The van der Waals surface area contributed by atoms with Gasteiger partial charge >= 0.3 is 0 Å². The highest BCUT2D eigenvalue weighted by Gasteiger charge is 2.09. The zero-order valence-corrected chi connectivity index (χ0v) is 13.4. The number of piperidine rings is 1. The lowest BCUT2D eigenvalue weighted by molar-refractivity contribution is 0.205. The van der Waals surface area contributed by atoms with Crippen LogP contribution in [-0.2, 0) is 0 Å². The van der Waals surface area contributed by atoms with Gasteiger partial charge in [-0.05, 0) is 69.6 Å². The molecule has 4 heteroatoms. The van der Waals surface area contributed by atoms with Crippen LogP contribution < -0.4 is 4.74 Å². The van der Waals surface area contributed by atoms with Crippen molar-refractivity contribution >= 4 is 0 Å². The van der Waals surface area contributed by atoms with E-state index in [9.17, 15) is 0 Å². The molecule has 1 aliphatic heterocycles. The van der Waals surface area contributed by atoms with Gasteiger partial charge in [-0.3, -0.25) is 0 Å². The van der Waals surface area contributed by atoms with Crippen LogP contribution in [0.1, 0.15) is 31.4 Å². The summed E-state index contributed by atoms with van der Waals surface area (Å²) in [6.45, 7) is 6.47. The molecule has 4 nitrogen and oxygen atoms in total. The number of rotatable bonds is 6. The average Bonchev–Trinajstić information content (AvgIpc) is 3.00. The van der Waals surface area contributed by atoms with Gasteiger partial charge in [0.05, 0.1) is 18.0 Å². The van der Waals surface area contributed by atoms with E-state index in [1.165, 1.54) is 32.4 Å². The van der Waals surface area contributed by atoms with Gasteiger partial charge in [-0.1, -0.05) is 6.42 Å². The maximum Gasteiger partial charge on any atom is 0.119 e. The first kappa shape index (κ1) is 15.1. The highest BCUT2D eigenvalue weighted by Crippen LogP contribution is 2.15. The summed E-state index contributed by atoms with van der Waals surface area (Å²) in [6.07, 6.45) is 7.18. The van der Waals surface area contributed by atoms with E-state index in [0.717, 1.165) is 36.7 Å². The largest absolute Gasteiger partial charge is 0.494 e. The SMILES string of the molecule is Cc1ccn(-c2ccc(OCCCN3CCCCC3)cc2)n1. The lowest BCUT2D eigenvalue weighted by Crippen LogP contribution is -2.31. The zero-order chi connectivity index (χ0) is 15.2. The first-order chi connectivity index (χ1) is 10.8. The Morgan fingerprint density at radius 2 is 1.82 bits per heavy atom. The Hall–Kier alpha value is -1.81. The minimum absolute atomic E-state index is 0.788. The molecule has 1 aromatic carbocycles. The first-order valence-electron chi connectivity index (χ1n) is 8.29. The molecule has 1 aliphatic rings. The van der Waals surface area contributed by atoms with Gasteiger partial charge in [0, 0.05) is 12.7 Å². The fourth-order valence-corrected chi connectivity index (χ4v) is 2.92. The van der Waals surface area contributed by atoms with Crippen molar-refractivity contribution in [2.75, 3.05) is 26.2 Å². The monoisotopic (exact) mass is 299 g/mol. The van der Waals surface area contributed by atoms with E-state index in [0.29, 0.717) is 0 Å². The molecule has 0 radical (unpaired) electrons. The van der Waals surface area contributed by atoms with E-state index in [4.69, 9.17) is 4.74 Å². The van der Waals surface area contributed by atoms with Crippen molar-refractivity contribution in [3.05, 3.63) is 42.2 Å².